The Morgan fingerprint density at radius 3 is 2.62 bits per heavy atom. The van der Waals surface area contributed by atoms with Crippen LogP contribution in [-0.4, -0.2) is 22.4 Å². The van der Waals surface area contributed by atoms with Crippen molar-refractivity contribution in [3.05, 3.63) is 57.1 Å². The summed E-state index contributed by atoms with van der Waals surface area (Å²) in [5, 5.41) is 0.770. The van der Waals surface area contributed by atoms with E-state index in [9.17, 15) is 8.42 Å². The molecule has 3 aromatic rings. The predicted octanol–water partition coefficient (Wildman–Crippen LogP) is 3.07. The molecule has 1 aromatic carbocycles. The first-order valence-corrected chi connectivity index (χ1v) is 9.00. The number of rotatable bonds is 3. The molecule has 3 rings (SSSR count). The lowest BCUT2D eigenvalue weighted by Crippen LogP contribution is -2.16. The van der Waals surface area contributed by atoms with Gasteiger partial charge >= 0.3 is 0 Å². The summed E-state index contributed by atoms with van der Waals surface area (Å²) in [5.41, 5.74) is 1.02. The molecule has 2 heterocycles. The summed E-state index contributed by atoms with van der Waals surface area (Å²) in [6.45, 7) is 0. The van der Waals surface area contributed by atoms with Gasteiger partial charge in [0.05, 0.1) is 14.8 Å². The van der Waals surface area contributed by atoms with E-state index in [2.05, 4.69) is 9.97 Å². The zero-order valence-electron chi connectivity index (χ0n) is 10.6. The van der Waals surface area contributed by atoms with Crippen molar-refractivity contribution in [2.45, 2.75) is 5.75 Å². The van der Waals surface area contributed by atoms with Crippen molar-refractivity contribution in [1.82, 2.24) is 13.9 Å². The third kappa shape index (κ3) is 2.77. The Kier molecular flexibility index (Phi) is 3.89. The number of nitrogens with zero attached hydrogens (tertiary/aromatic N) is 3. The van der Waals surface area contributed by atoms with Crippen molar-refractivity contribution in [3.8, 4) is 0 Å². The Morgan fingerprint density at radius 1 is 1.19 bits per heavy atom. The van der Waals surface area contributed by atoms with E-state index in [0.29, 0.717) is 14.7 Å². The molecule has 108 valence electrons. The van der Waals surface area contributed by atoms with Crippen molar-refractivity contribution in [2.24, 2.45) is 0 Å². The van der Waals surface area contributed by atoms with Crippen LogP contribution in [0.15, 0.2) is 42.7 Å². The van der Waals surface area contributed by atoms with Crippen LogP contribution in [0.3, 0.4) is 0 Å². The molecule has 0 aliphatic rings. The van der Waals surface area contributed by atoms with Crippen LogP contribution < -0.4 is 0 Å². The van der Waals surface area contributed by atoms with Crippen LogP contribution in [0, 0.1) is 3.70 Å². The summed E-state index contributed by atoms with van der Waals surface area (Å²) in [6.07, 6.45) is 1.26. The lowest BCUT2D eigenvalue weighted by atomic mass is 10.2. The van der Waals surface area contributed by atoms with Crippen LogP contribution >= 0.6 is 34.2 Å². The van der Waals surface area contributed by atoms with Crippen LogP contribution in [0.5, 0.6) is 0 Å². The molecule has 0 fully saturated rings. The molecule has 0 unspecified atom stereocenters. The van der Waals surface area contributed by atoms with E-state index < -0.39 is 10.0 Å². The van der Waals surface area contributed by atoms with E-state index in [4.69, 9.17) is 11.6 Å². The first kappa shape index (κ1) is 14.7. The number of hydrogen-bond donors (Lipinski definition) is 0. The molecule has 0 aliphatic heterocycles. The molecule has 0 radical (unpaired) electrons. The monoisotopic (exact) mass is 433 g/mol. The molecule has 21 heavy (non-hydrogen) atoms. The highest BCUT2D eigenvalue weighted by Gasteiger charge is 2.22. The highest BCUT2D eigenvalue weighted by atomic mass is 127. The summed E-state index contributed by atoms with van der Waals surface area (Å²) in [5.74, 6) is -0.102. The quantitative estimate of drug-likeness (QED) is 0.470. The number of hydrogen-bond acceptors (Lipinski definition) is 4. The molecule has 0 bridgehead atoms. The van der Waals surface area contributed by atoms with E-state index >= 15 is 0 Å². The van der Waals surface area contributed by atoms with E-state index in [0.717, 1.165) is 5.56 Å². The first-order chi connectivity index (χ1) is 9.99. The Labute approximate surface area is 140 Å². The van der Waals surface area contributed by atoms with E-state index in [1.165, 1.54) is 10.3 Å². The smallest absolute Gasteiger partial charge is 0.224 e. The van der Waals surface area contributed by atoms with Crippen LogP contribution in [0.4, 0.5) is 0 Å². The lowest BCUT2D eigenvalue weighted by Gasteiger charge is -2.08. The molecular formula is C13H9ClIN3O2S. The highest BCUT2D eigenvalue weighted by Crippen LogP contribution is 2.27. The largest absolute Gasteiger partial charge is 0.245 e. The average molecular weight is 434 g/mol. The molecule has 0 spiro atoms. The predicted molar refractivity (Wildman–Crippen MR) is 89.7 cm³/mol. The fraction of sp³-hybridized carbons (Fsp3) is 0.0769. The molecule has 0 saturated heterocycles. The van der Waals surface area contributed by atoms with Crippen molar-refractivity contribution in [1.29, 1.82) is 0 Å². The Morgan fingerprint density at radius 2 is 1.90 bits per heavy atom. The van der Waals surface area contributed by atoms with Gasteiger partial charge in [0.25, 0.3) is 0 Å². The van der Waals surface area contributed by atoms with Gasteiger partial charge < -0.3 is 0 Å². The summed E-state index contributed by atoms with van der Waals surface area (Å²) >= 11 is 7.95. The van der Waals surface area contributed by atoms with Crippen LogP contribution in [0.25, 0.3) is 11.0 Å². The maximum absolute atomic E-state index is 12.7. The van der Waals surface area contributed by atoms with Gasteiger partial charge in [-0.1, -0.05) is 41.9 Å². The highest BCUT2D eigenvalue weighted by molar-refractivity contribution is 14.1. The molecule has 2 aromatic heterocycles. The van der Waals surface area contributed by atoms with Crippen molar-refractivity contribution in [3.63, 3.8) is 0 Å². The molecule has 0 atom stereocenters. The fourth-order valence-corrected chi connectivity index (χ4v) is 5.14. The minimum Gasteiger partial charge on any atom is -0.224 e. The maximum Gasteiger partial charge on any atom is 0.245 e. The van der Waals surface area contributed by atoms with Crippen LogP contribution in [-0.2, 0) is 15.8 Å². The van der Waals surface area contributed by atoms with Gasteiger partial charge in [0, 0.05) is 0 Å². The molecule has 0 N–H and O–H groups in total. The van der Waals surface area contributed by atoms with Gasteiger partial charge in [-0.15, -0.1) is 0 Å². The van der Waals surface area contributed by atoms with Crippen LogP contribution in [0.1, 0.15) is 5.56 Å². The molecular weight excluding hydrogens is 425 g/mol. The normalized spacial score (nSPS) is 11.9. The lowest BCUT2D eigenvalue weighted by molar-refractivity contribution is 0.587. The molecule has 0 amide bonds. The second-order valence-electron chi connectivity index (χ2n) is 4.38. The first-order valence-electron chi connectivity index (χ1n) is 5.93. The summed E-state index contributed by atoms with van der Waals surface area (Å²) in [7, 11) is -3.58. The van der Waals surface area contributed by atoms with Crippen molar-refractivity contribution in [2.75, 3.05) is 0 Å². The second kappa shape index (κ2) is 5.54. The number of benzene rings is 1. The number of fused-ring (bicyclic) bond motifs is 1. The molecule has 5 nitrogen and oxygen atoms in total. The van der Waals surface area contributed by atoms with Crippen molar-refractivity contribution < 1.29 is 8.42 Å². The summed E-state index contributed by atoms with van der Waals surface area (Å²) in [6, 6.07) is 10.7. The summed E-state index contributed by atoms with van der Waals surface area (Å²) in [4.78, 5) is 7.92. The van der Waals surface area contributed by atoms with Gasteiger partial charge in [0.15, 0.2) is 5.65 Å². The topological polar surface area (TPSA) is 64.8 Å². The molecule has 0 aliphatic carbocycles. The molecule has 0 saturated carbocycles. The third-order valence-electron chi connectivity index (χ3n) is 2.93. The second-order valence-corrected chi connectivity index (χ2v) is 7.66. The molecule has 8 heteroatoms. The van der Waals surface area contributed by atoms with Gasteiger partial charge in [0.1, 0.15) is 11.5 Å². The van der Waals surface area contributed by atoms with Gasteiger partial charge in [-0.2, -0.15) is 0 Å². The van der Waals surface area contributed by atoms with Crippen LogP contribution in [0.2, 0.25) is 5.15 Å². The zero-order chi connectivity index (χ0) is 15.0. The van der Waals surface area contributed by atoms with Gasteiger partial charge in [-0.25, -0.2) is 22.4 Å². The standard InChI is InChI=1S/C13H9ClIN3O2S/c14-12-10-6-11(15)18(13(10)17-8-16-12)21(19,20)7-9-4-2-1-3-5-9/h1-6,8H,7H2. The Bertz CT molecular complexity index is 910. The Hall–Kier alpha value is -1.19. The van der Waals surface area contributed by atoms with E-state index in [1.54, 1.807) is 18.2 Å². The van der Waals surface area contributed by atoms with Gasteiger partial charge in [-0.05, 0) is 34.2 Å². The minimum atomic E-state index is -3.58. The fourth-order valence-electron chi connectivity index (χ4n) is 2.04. The number of halogens is 2. The van der Waals surface area contributed by atoms with Gasteiger partial charge in [0.2, 0.25) is 10.0 Å². The van der Waals surface area contributed by atoms with E-state index in [1.807, 2.05) is 40.8 Å². The summed E-state index contributed by atoms with van der Waals surface area (Å²) < 4.78 is 27.1. The third-order valence-corrected chi connectivity index (χ3v) is 5.98. The minimum absolute atomic E-state index is 0.102. The average Bonchev–Trinajstić information content (AvgIpc) is 2.78. The Balaban J connectivity index is 2.15. The van der Waals surface area contributed by atoms with E-state index in [-0.39, 0.29) is 10.9 Å². The SMILES string of the molecule is O=S(=O)(Cc1ccccc1)n1c(I)cc2c(Cl)ncnc21. The number of aromatic nitrogens is 3. The maximum atomic E-state index is 12.7. The zero-order valence-corrected chi connectivity index (χ0v) is 14.3. The van der Waals surface area contributed by atoms with Gasteiger partial charge in [-0.3, -0.25) is 0 Å². The van der Waals surface area contributed by atoms with Crippen molar-refractivity contribution >= 4 is 55.2 Å².